The van der Waals surface area contributed by atoms with Gasteiger partial charge in [0.15, 0.2) is 11.5 Å². The van der Waals surface area contributed by atoms with E-state index < -0.39 is 0 Å². The van der Waals surface area contributed by atoms with E-state index in [-0.39, 0.29) is 43.5 Å². The van der Waals surface area contributed by atoms with Crippen LogP contribution in [0.25, 0.3) is 5.65 Å². The van der Waals surface area contributed by atoms with Crippen molar-refractivity contribution in [3.8, 4) is 5.75 Å². The smallest absolute Gasteiger partial charge is 1.00 e. The van der Waals surface area contributed by atoms with Gasteiger partial charge in [-0.25, -0.2) is 4.79 Å². The minimum atomic E-state index is -0.322. The number of fused-ring (bicyclic) bond motifs is 2. The number of nitrogens with one attached hydrogen (secondary N) is 2. The average Bonchev–Trinajstić information content (AvgIpc) is 3.66. The van der Waals surface area contributed by atoms with E-state index in [1.165, 1.54) is 0 Å². The highest BCUT2D eigenvalue weighted by Crippen LogP contribution is 2.39. The maximum absolute atomic E-state index is 12.9. The van der Waals surface area contributed by atoms with Gasteiger partial charge < -0.3 is 41.5 Å². The number of urea groups is 1. The number of rotatable bonds is 9. The number of hydrogen-bond acceptors (Lipinski definition) is 9. The SMILES string of the molecule is CN(C)CCOC1CCN(c2nnc3ccc(O[C@@H]4CC[C@H](NC(=O)Nc5cc(C(C)(C)C)on5)c5ccccc54)cn23)CC1.[Cl-].[H+]. The van der Waals surface area contributed by atoms with Gasteiger partial charge in [0.2, 0.25) is 5.95 Å². The lowest BCUT2D eigenvalue weighted by atomic mass is 9.85. The Morgan fingerprint density at radius 2 is 1.83 bits per heavy atom. The van der Waals surface area contributed by atoms with Crippen molar-refractivity contribution in [2.45, 2.75) is 70.1 Å². The van der Waals surface area contributed by atoms with Crippen LogP contribution in [0, 0.1) is 0 Å². The summed E-state index contributed by atoms with van der Waals surface area (Å²) >= 11 is 0. The molecular weight excluding hydrogens is 608 g/mol. The highest BCUT2D eigenvalue weighted by molar-refractivity contribution is 5.88. The van der Waals surface area contributed by atoms with Gasteiger partial charge in [0.05, 0.1) is 24.9 Å². The number of carbonyl (C=O) groups is 1. The lowest BCUT2D eigenvalue weighted by Crippen LogP contribution is -3.00. The monoisotopic (exact) mass is 652 g/mol. The average molecular weight is 653 g/mol. The highest BCUT2D eigenvalue weighted by Gasteiger charge is 2.30. The van der Waals surface area contributed by atoms with Gasteiger partial charge in [-0.2, -0.15) is 0 Å². The molecule has 1 saturated heterocycles. The van der Waals surface area contributed by atoms with Gasteiger partial charge >= 0.3 is 7.46 Å². The molecule has 0 unspecified atom stereocenters. The second kappa shape index (κ2) is 14.3. The fraction of sp³-hybridized carbons (Fsp3) is 0.515. The van der Waals surface area contributed by atoms with Gasteiger partial charge in [0.1, 0.15) is 17.6 Å². The number of benzene rings is 1. The lowest BCUT2D eigenvalue weighted by molar-refractivity contribution is -0.0000188. The third-order valence-corrected chi connectivity index (χ3v) is 8.48. The van der Waals surface area contributed by atoms with Crippen molar-refractivity contribution in [2.24, 2.45) is 0 Å². The second-order valence-corrected chi connectivity index (χ2v) is 13.2. The molecule has 6 rings (SSSR count). The van der Waals surface area contributed by atoms with E-state index >= 15 is 0 Å². The van der Waals surface area contributed by atoms with Gasteiger partial charge in [0.25, 0.3) is 0 Å². The molecule has 3 aromatic heterocycles. The number of piperidine rings is 1. The number of nitrogens with zero attached hydrogens (tertiary/aromatic N) is 6. The molecular formula is C33H45ClN8O4. The summed E-state index contributed by atoms with van der Waals surface area (Å²) in [6.45, 7) is 9.51. The van der Waals surface area contributed by atoms with E-state index in [1.807, 2.05) is 55.6 Å². The maximum atomic E-state index is 12.9. The van der Waals surface area contributed by atoms with Crippen molar-refractivity contribution in [3.05, 3.63) is 65.5 Å². The van der Waals surface area contributed by atoms with E-state index in [0.29, 0.717) is 11.6 Å². The molecule has 2 amide bonds. The molecule has 0 spiro atoms. The number of carbonyl (C=O) groups excluding carboxylic acids is 1. The summed E-state index contributed by atoms with van der Waals surface area (Å²) in [4.78, 5) is 17.3. The fourth-order valence-electron chi connectivity index (χ4n) is 5.95. The van der Waals surface area contributed by atoms with Gasteiger partial charge in [-0.05, 0) is 63.0 Å². The molecule has 2 aliphatic rings. The summed E-state index contributed by atoms with van der Waals surface area (Å²) in [6.07, 6.45) is 5.50. The zero-order valence-electron chi connectivity index (χ0n) is 28.2. The Bertz CT molecular complexity index is 1620. The minimum absolute atomic E-state index is 0. The Hall–Kier alpha value is -3.87. The molecule has 1 aliphatic carbocycles. The van der Waals surface area contributed by atoms with Crippen molar-refractivity contribution in [1.82, 2.24) is 30.0 Å². The first kappa shape index (κ1) is 33.5. The summed E-state index contributed by atoms with van der Waals surface area (Å²) in [6, 6.07) is 13.3. The van der Waals surface area contributed by atoms with Crippen LogP contribution in [0.3, 0.4) is 0 Å². The first-order valence-electron chi connectivity index (χ1n) is 15.8. The van der Waals surface area contributed by atoms with E-state index in [9.17, 15) is 4.79 Å². The molecule has 2 atom stereocenters. The molecule has 1 fully saturated rings. The Labute approximate surface area is 277 Å². The molecule has 248 valence electrons. The largest absolute Gasteiger partial charge is 1.00 e. The molecule has 4 aromatic rings. The third kappa shape index (κ3) is 7.73. The molecule has 46 heavy (non-hydrogen) atoms. The van der Waals surface area contributed by atoms with Crippen LogP contribution in [0.1, 0.15) is 76.9 Å². The summed E-state index contributed by atoms with van der Waals surface area (Å²) in [5.41, 5.74) is 2.69. The number of pyridine rings is 1. The van der Waals surface area contributed by atoms with E-state index in [2.05, 4.69) is 62.0 Å². The highest BCUT2D eigenvalue weighted by atomic mass is 35.5. The van der Waals surface area contributed by atoms with Crippen molar-refractivity contribution in [3.63, 3.8) is 0 Å². The normalized spacial score (nSPS) is 18.7. The molecule has 2 N–H and O–H groups in total. The Morgan fingerprint density at radius 3 is 2.54 bits per heavy atom. The summed E-state index contributed by atoms with van der Waals surface area (Å²) in [5.74, 6) is 2.67. The van der Waals surface area contributed by atoms with Gasteiger partial charge in [0, 0.05) is 31.1 Å². The predicted octanol–water partition coefficient (Wildman–Crippen LogP) is 2.46. The van der Waals surface area contributed by atoms with Crippen LogP contribution in [-0.4, -0.2) is 77.1 Å². The Kier molecular flexibility index (Phi) is 10.4. The van der Waals surface area contributed by atoms with Crippen molar-refractivity contribution >= 4 is 23.4 Å². The molecule has 13 heteroatoms. The number of amides is 2. The van der Waals surface area contributed by atoms with Crippen LogP contribution in [-0.2, 0) is 10.2 Å². The summed E-state index contributed by atoms with van der Waals surface area (Å²) in [7, 11) is 4.12. The minimum Gasteiger partial charge on any atom is -1.00 e. The zero-order chi connectivity index (χ0) is 31.6. The molecule has 12 nitrogen and oxygen atoms in total. The van der Waals surface area contributed by atoms with Crippen LogP contribution in [0.15, 0.2) is 53.2 Å². The van der Waals surface area contributed by atoms with Gasteiger partial charge in [-0.1, -0.05) is 50.2 Å². The number of hydrogen-bond donors (Lipinski definition) is 2. The van der Waals surface area contributed by atoms with E-state index in [4.69, 9.17) is 14.0 Å². The predicted molar refractivity (Wildman–Crippen MR) is 173 cm³/mol. The molecule has 1 aliphatic heterocycles. The quantitative estimate of drug-likeness (QED) is 0.281. The first-order chi connectivity index (χ1) is 21.6. The summed E-state index contributed by atoms with van der Waals surface area (Å²) in [5, 5.41) is 18.9. The number of ether oxygens (including phenoxy) is 2. The number of aromatic nitrogens is 4. The second-order valence-electron chi connectivity index (χ2n) is 13.2. The molecule has 0 radical (unpaired) electrons. The fourth-order valence-corrected chi connectivity index (χ4v) is 5.95. The van der Waals surface area contributed by atoms with Crippen LogP contribution >= 0.6 is 0 Å². The van der Waals surface area contributed by atoms with Crippen molar-refractivity contribution in [2.75, 3.05) is 50.6 Å². The van der Waals surface area contributed by atoms with Crippen molar-refractivity contribution < 1.29 is 32.6 Å². The number of anilines is 2. The molecule has 4 heterocycles. The van der Waals surface area contributed by atoms with Crippen molar-refractivity contribution in [1.29, 1.82) is 0 Å². The van der Waals surface area contributed by atoms with Crippen LogP contribution in [0.2, 0.25) is 0 Å². The Morgan fingerprint density at radius 1 is 1.07 bits per heavy atom. The lowest BCUT2D eigenvalue weighted by Gasteiger charge is -2.33. The topological polar surface area (TPSA) is 122 Å². The van der Waals surface area contributed by atoms with Crippen LogP contribution in [0.5, 0.6) is 5.75 Å². The van der Waals surface area contributed by atoms with Crippen LogP contribution in [0.4, 0.5) is 16.6 Å². The number of likely N-dealkylation sites (N-methyl/N-ethyl adjacent to an activating group) is 1. The number of halogens is 1. The van der Waals surface area contributed by atoms with Crippen LogP contribution < -0.4 is 32.7 Å². The van der Waals surface area contributed by atoms with E-state index in [1.54, 1.807) is 6.07 Å². The van der Waals surface area contributed by atoms with Gasteiger partial charge in [-0.3, -0.25) is 9.72 Å². The van der Waals surface area contributed by atoms with Gasteiger partial charge in [-0.15, -0.1) is 10.2 Å². The zero-order valence-corrected chi connectivity index (χ0v) is 28.0. The standard InChI is InChI=1S/C33H44N8O4.ClH/c1-33(2,3)28-20-29(38-45-28)35-31(42)34-26-11-12-27(25-9-7-6-8-24(25)26)44-23-10-13-30-36-37-32(41(30)21-23)40-16-14-22(15-17-40)43-19-18-39(4)5;/h6-10,13,20-22,26-27H,11-12,14-19H2,1-5H3,(H2,34,35,38,42);1H/t26-,27+;/m0./s1. The summed E-state index contributed by atoms with van der Waals surface area (Å²) < 4.78 is 20.1. The Balaban J connectivity index is 0.00000250. The molecule has 0 bridgehead atoms. The molecule has 1 aromatic carbocycles. The molecule has 0 saturated carbocycles. The van der Waals surface area contributed by atoms with E-state index in [0.717, 1.165) is 80.4 Å². The maximum Gasteiger partial charge on any atom is 1.00 e. The third-order valence-electron chi connectivity index (χ3n) is 8.48. The first-order valence-corrected chi connectivity index (χ1v) is 15.8.